The number of halogens is 3. The van der Waals surface area contributed by atoms with E-state index in [1.54, 1.807) is 0 Å². The van der Waals surface area contributed by atoms with Gasteiger partial charge in [0, 0.05) is 18.1 Å². The third kappa shape index (κ3) is 7.34. The number of carbonyl (C=O) groups is 2. The number of carboxylic acids is 1. The van der Waals surface area contributed by atoms with E-state index in [9.17, 15) is 27.9 Å². The number of alkyl halides is 3. The average Bonchev–Trinajstić information content (AvgIpc) is 2.45. The topological polar surface area (TPSA) is 75.7 Å². The van der Waals surface area contributed by atoms with Gasteiger partial charge in [0.1, 0.15) is 11.5 Å². The van der Waals surface area contributed by atoms with Crippen molar-refractivity contribution in [2.75, 3.05) is 0 Å². The molecule has 24 heavy (non-hydrogen) atoms. The van der Waals surface area contributed by atoms with Crippen molar-refractivity contribution >= 4 is 11.9 Å². The zero-order chi connectivity index (χ0) is 18.2. The summed E-state index contributed by atoms with van der Waals surface area (Å²) in [5, 5.41) is 11.0. The van der Waals surface area contributed by atoms with E-state index in [2.05, 4.69) is 4.74 Å². The number of unbranched alkanes of at least 4 members (excludes halogenated alkanes) is 4. The van der Waals surface area contributed by atoms with Gasteiger partial charge in [-0.15, -0.1) is 13.2 Å². The number of ether oxygens (including phenoxy) is 2. The fourth-order valence-corrected chi connectivity index (χ4v) is 2.00. The molecule has 0 aliphatic heterocycles. The molecule has 0 atom stereocenters. The first-order valence-corrected chi connectivity index (χ1v) is 7.54. The molecule has 0 heterocycles. The predicted octanol–water partition coefficient (Wildman–Crippen LogP) is 3.21. The van der Waals surface area contributed by atoms with Crippen LogP contribution in [-0.2, 0) is 4.79 Å². The van der Waals surface area contributed by atoms with Crippen LogP contribution in [0.3, 0.4) is 0 Å². The summed E-state index contributed by atoms with van der Waals surface area (Å²) in [6.45, 7) is 2.05. The van der Waals surface area contributed by atoms with Gasteiger partial charge in [0.25, 0.3) is 0 Å². The molecule has 134 valence electrons. The summed E-state index contributed by atoms with van der Waals surface area (Å²) in [5.41, 5.74) is -0.524. The lowest BCUT2D eigenvalue weighted by Crippen LogP contribution is -2.24. The molecule has 1 aromatic carbocycles. The van der Waals surface area contributed by atoms with Crippen LogP contribution in [0.2, 0.25) is 0 Å². The maximum Gasteiger partial charge on any atom is 0.573 e. The van der Waals surface area contributed by atoms with Crippen LogP contribution < -0.4 is 14.6 Å². The first kappa shape index (κ1) is 19.8. The maximum absolute atomic E-state index is 12.2. The molecule has 0 spiro atoms. The molecule has 0 aliphatic carbocycles. The fraction of sp³-hybridized carbons (Fsp3) is 0.500. The summed E-state index contributed by atoms with van der Waals surface area (Å²) < 4.78 is 45.2. The lowest BCUT2D eigenvalue weighted by molar-refractivity contribution is -0.274. The van der Waals surface area contributed by atoms with E-state index in [-0.39, 0.29) is 6.42 Å². The number of carboxylic acid groups (broad SMARTS) is 1. The average molecular weight is 347 g/mol. The zero-order valence-electron chi connectivity index (χ0n) is 13.1. The number of carbonyl (C=O) groups excluding carboxylic acids is 2. The molecule has 0 aromatic heterocycles. The molecular formula is C16H18F3O5-. The summed E-state index contributed by atoms with van der Waals surface area (Å²) in [6, 6.07) is 2.34. The normalized spacial score (nSPS) is 11.2. The highest BCUT2D eigenvalue weighted by molar-refractivity contribution is 5.90. The molecule has 0 bridgehead atoms. The zero-order valence-corrected chi connectivity index (χ0v) is 13.1. The Morgan fingerprint density at radius 1 is 1.12 bits per heavy atom. The highest BCUT2D eigenvalue weighted by atomic mass is 19.4. The standard InChI is InChI=1S/C16H19F3O5/c1-2-3-4-5-6-7-14(20)23-13-10-11(24-16(17,18)19)8-9-12(13)15(21)22/h8-10H,2-7H2,1H3,(H,21,22)/p-1. The van der Waals surface area contributed by atoms with Gasteiger partial charge in [-0.2, -0.15) is 0 Å². The van der Waals surface area contributed by atoms with E-state index in [0.717, 1.165) is 37.8 Å². The molecule has 1 rings (SSSR count). The SMILES string of the molecule is CCCCCCCC(=O)Oc1cc(OC(F)(F)F)ccc1C(=O)[O-]. The van der Waals surface area contributed by atoms with Crippen LogP contribution in [0.4, 0.5) is 13.2 Å². The van der Waals surface area contributed by atoms with Crippen LogP contribution in [0.25, 0.3) is 0 Å². The molecule has 0 aliphatic rings. The summed E-state index contributed by atoms with van der Waals surface area (Å²) in [6.07, 6.45) is -0.481. The van der Waals surface area contributed by atoms with E-state index in [0.29, 0.717) is 12.5 Å². The summed E-state index contributed by atoms with van der Waals surface area (Å²) >= 11 is 0. The minimum Gasteiger partial charge on any atom is -0.545 e. The second-order valence-corrected chi connectivity index (χ2v) is 5.13. The second kappa shape index (κ2) is 9.14. The number of aromatic carboxylic acids is 1. The van der Waals surface area contributed by atoms with E-state index in [4.69, 9.17) is 4.74 Å². The molecule has 5 nitrogen and oxygen atoms in total. The first-order valence-electron chi connectivity index (χ1n) is 7.54. The first-order chi connectivity index (χ1) is 11.2. The maximum atomic E-state index is 12.2. The van der Waals surface area contributed by atoms with Crippen molar-refractivity contribution in [2.24, 2.45) is 0 Å². The van der Waals surface area contributed by atoms with Crippen molar-refractivity contribution < 1.29 is 37.3 Å². The van der Waals surface area contributed by atoms with Gasteiger partial charge in [-0.25, -0.2) is 0 Å². The van der Waals surface area contributed by atoms with Gasteiger partial charge in [-0.1, -0.05) is 32.6 Å². The Kier molecular flexibility index (Phi) is 7.54. The predicted molar refractivity (Wildman–Crippen MR) is 76.5 cm³/mol. The Bertz CT molecular complexity index is 569. The van der Waals surface area contributed by atoms with Crippen molar-refractivity contribution in [1.82, 2.24) is 0 Å². The molecule has 0 saturated carbocycles. The Balaban J connectivity index is 2.74. The fourth-order valence-electron chi connectivity index (χ4n) is 2.00. The van der Waals surface area contributed by atoms with Crippen molar-refractivity contribution in [3.63, 3.8) is 0 Å². The number of benzene rings is 1. The van der Waals surface area contributed by atoms with E-state index in [1.807, 2.05) is 6.92 Å². The van der Waals surface area contributed by atoms with Crippen molar-refractivity contribution in [1.29, 1.82) is 0 Å². The molecule has 0 saturated heterocycles. The van der Waals surface area contributed by atoms with E-state index < -0.39 is 35.4 Å². The van der Waals surface area contributed by atoms with E-state index in [1.165, 1.54) is 0 Å². The quantitative estimate of drug-likeness (QED) is 0.389. The van der Waals surface area contributed by atoms with Crippen LogP contribution in [0.5, 0.6) is 11.5 Å². The summed E-state index contributed by atoms with van der Waals surface area (Å²) in [7, 11) is 0. The molecule has 0 fully saturated rings. The van der Waals surface area contributed by atoms with Crippen LogP contribution in [0.15, 0.2) is 18.2 Å². The minimum absolute atomic E-state index is 0.0422. The van der Waals surface area contributed by atoms with Gasteiger partial charge < -0.3 is 19.4 Å². The molecule has 1 aromatic rings. The highest BCUT2D eigenvalue weighted by Crippen LogP contribution is 2.29. The number of hydrogen-bond acceptors (Lipinski definition) is 5. The van der Waals surface area contributed by atoms with Crippen LogP contribution >= 0.6 is 0 Å². The Morgan fingerprint density at radius 3 is 2.38 bits per heavy atom. The van der Waals surface area contributed by atoms with Gasteiger partial charge in [-0.3, -0.25) is 4.79 Å². The lowest BCUT2D eigenvalue weighted by atomic mass is 10.1. The third-order valence-electron chi connectivity index (χ3n) is 3.11. The van der Waals surface area contributed by atoms with Gasteiger partial charge in [0.05, 0.1) is 5.97 Å². The second-order valence-electron chi connectivity index (χ2n) is 5.13. The monoisotopic (exact) mass is 347 g/mol. The van der Waals surface area contributed by atoms with Crippen molar-refractivity contribution in [3.8, 4) is 11.5 Å². The van der Waals surface area contributed by atoms with Crippen LogP contribution in [-0.4, -0.2) is 18.3 Å². The van der Waals surface area contributed by atoms with Gasteiger partial charge in [0.2, 0.25) is 0 Å². The van der Waals surface area contributed by atoms with Gasteiger partial charge in [0.15, 0.2) is 0 Å². The molecular weight excluding hydrogens is 329 g/mol. The Morgan fingerprint density at radius 2 is 1.79 bits per heavy atom. The van der Waals surface area contributed by atoms with Crippen LogP contribution in [0, 0.1) is 0 Å². The van der Waals surface area contributed by atoms with Gasteiger partial charge >= 0.3 is 12.3 Å². The lowest BCUT2D eigenvalue weighted by Gasteiger charge is -2.14. The van der Waals surface area contributed by atoms with Crippen LogP contribution in [0.1, 0.15) is 55.8 Å². The molecule has 0 radical (unpaired) electrons. The smallest absolute Gasteiger partial charge is 0.545 e. The molecule has 0 N–H and O–H groups in total. The Hall–Kier alpha value is -2.25. The summed E-state index contributed by atoms with van der Waals surface area (Å²) in [4.78, 5) is 22.7. The Labute approximate surface area is 137 Å². The van der Waals surface area contributed by atoms with Crippen molar-refractivity contribution in [3.05, 3.63) is 23.8 Å². The third-order valence-corrected chi connectivity index (χ3v) is 3.11. The number of esters is 1. The van der Waals surface area contributed by atoms with Gasteiger partial charge in [-0.05, 0) is 18.6 Å². The molecule has 0 amide bonds. The molecule has 0 unspecified atom stereocenters. The molecule has 8 heteroatoms. The number of rotatable bonds is 9. The van der Waals surface area contributed by atoms with Crippen molar-refractivity contribution in [2.45, 2.75) is 51.8 Å². The minimum atomic E-state index is -4.94. The van der Waals surface area contributed by atoms with E-state index >= 15 is 0 Å². The summed E-state index contributed by atoms with van der Waals surface area (Å²) in [5.74, 6) is -3.61. The number of hydrogen-bond donors (Lipinski definition) is 0. The highest BCUT2D eigenvalue weighted by Gasteiger charge is 2.31. The largest absolute Gasteiger partial charge is 0.573 e.